The third-order valence-corrected chi connectivity index (χ3v) is 4.96. The molecule has 2 bridgehead atoms. The lowest BCUT2D eigenvalue weighted by Gasteiger charge is -2.27. The van der Waals surface area contributed by atoms with Crippen molar-refractivity contribution < 1.29 is 14.6 Å². The van der Waals surface area contributed by atoms with Crippen LogP contribution in [0.1, 0.15) is 37.7 Å². The molecule has 21 heavy (non-hydrogen) atoms. The van der Waals surface area contributed by atoms with E-state index in [-0.39, 0.29) is 0 Å². The summed E-state index contributed by atoms with van der Waals surface area (Å²) < 4.78 is 12.1. The number of unbranched alkanes of at least 4 members (excludes halogenated alkanes) is 1. The zero-order valence-electron chi connectivity index (χ0n) is 12.6. The molecule has 0 aromatic heterocycles. The lowest BCUT2D eigenvalue weighted by Crippen LogP contribution is -2.30. The van der Waals surface area contributed by atoms with Gasteiger partial charge in [-0.05, 0) is 37.2 Å². The second kappa shape index (κ2) is 7.39. The summed E-state index contributed by atoms with van der Waals surface area (Å²) in [7, 11) is 0. The molecule has 0 aliphatic carbocycles. The molecule has 1 aromatic carbocycles. The standard InChI is InChI=1S/C18H26O3/c19-11-5-4-8-15-16(18-10-9-17(15)21-18)13-20-12-14-6-2-1-3-7-14/h1-3,6-7,15-19H,4-5,8-13H2/t15-,16+,17-,18+/m0/s1. The topological polar surface area (TPSA) is 38.7 Å². The molecule has 2 aliphatic rings. The van der Waals surface area contributed by atoms with Crippen molar-refractivity contribution in [2.75, 3.05) is 13.2 Å². The van der Waals surface area contributed by atoms with E-state index in [0.717, 1.165) is 19.4 Å². The van der Waals surface area contributed by atoms with Crippen molar-refractivity contribution in [3.8, 4) is 0 Å². The quantitative estimate of drug-likeness (QED) is 0.747. The van der Waals surface area contributed by atoms with Gasteiger partial charge in [-0.15, -0.1) is 0 Å². The average molecular weight is 290 g/mol. The van der Waals surface area contributed by atoms with Crippen molar-refractivity contribution in [2.45, 2.75) is 50.9 Å². The Kier molecular flexibility index (Phi) is 5.28. The molecule has 0 unspecified atom stereocenters. The molecule has 0 saturated carbocycles. The van der Waals surface area contributed by atoms with Crippen LogP contribution in [0.15, 0.2) is 30.3 Å². The van der Waals surface area contributed by atoms with Crippen molar-refractivity contribution in [3.63, 3.8) is 0 Å². The first-order valence-electron chi connectivity index (χ1n) is 8.26. The molecule has 3 heteroatoms. The molecule has 0 spiro atoms. The van der Waals surface area contributed by atoms with E-state index in [2.05, 4.69) is 24.3 Å². The van der Waals surface area contributed by atoms with E-state index >= 15 is 0 Å². The molecule has 0 amide bonds. The van der Waals surface area contributed by atoms with Gasteiger partial charge in [-0.2, -0.15) is 0 Å². The zero-order valence-corrected chi connectivity index (χ0v) is 12.6. The maximum Gasteiger partial charge on any atom is 0.0717 e. The van der Waals surface area contributed by atoms with Gasteiger partial charge in [-0.25, -0.2) is 0 Å². The average Bonchev–Trinajstić information content (AvgIpc) is 3.11. The van der Waals surface area contributed by atoms with Crippen molar-refractivity contribution in [3.05, 3.63) is 35.9 Å². The number of hydrogen-bond acceptors (Lipinski definition) is 3. The summed E-state index contributed by atoms with van der Waals surface area (Å²) in [6.07, 6.45) is 6.43. The largest absolute Gasteiger partial charge is 0.396 e. The molecular weight excluding hydrogens is 264 g/mol. The van der Waals surface area contributed by atoms with Crippen LogP contribution in [0.4, 0.5) is 0 Å². The van der Waals surface area contributed by atoms with Gasteiger partial charge in [0.2, 0.25) is 0 Å². The van der Waals surface area contributed by atoms with E-state index in [1.54, 1.807) is 0 Å². The van der Waals surface area contributed by atoms with E-state index in [1.807, 2.05) is 6.07 Å². The van der Waals surface area contributed by atoms with Crippen LogP contribution in [-0.4, -0.2) is 30.5 Å². The molecule has 2 heterocycles. The second-order valence-electron chi connectivity index (χ2n) is 6.34. The summed E-state index contributed by atoms with van der Waals surface area (Å²) in [5.41, 5.74) is 1.23. The molecule has 3 nitrogen and oxygen atoms in total. The van der Waals surface area contributed by atoms with Gasteiger partial charge in [0.15, 0.2) is 0 Å². The van der Waals surface area contributed by atoms with Gasteiger partial charge in [-0.1, -0.05) is 36.8 Å². The Balaban J connectivity index is 1.48. The molecule has 0 radical (unpaired) electrons. The van der Waals surface area contributed by atoms with Crippen LogP contribution < -0.4 is 0 Å². The first-order valence-corrected chi connectivity index (χ1v) is 8.26. The van der Waals surface area contributed by atoms with Crippen LogP contribution in [0.2, 0.25) is 0 Å². The predicted octanol–water partition coefficient (Wildman–Crippen LogP) is 3.16. The Labute approximate surface area is 127 Å². The summed E-state index contributed by atoms with van der Waals surface area (Å²) in [5, 5.41) is 8.95. The highest BCUT2D eigenvalue weighted by Crippen LogP contribution is 2.45. The van der Waals surface area contributed by atoms with E-state index in [4.69, 9.17) is 14.6 Å². The van der Waals surface area contributed by atoms with Crippen LogP contribution in [0.5, 0.6) is 0 Å². The zero-order chi connectivity index (χ0) is 14.5. The summed E-state index contributed by atoms with van der Waals surface area (Å²) >= 11 is 0. The SMILES string of the molecule is OCCCC[C@H]1[C@@H](COCc2ccccc2)[C@H]2CC[C@@H]1O2. The molecule has 1 aromatic rings. The third-order valence-electron chi connectivity index (χ3n) is 4.96. The van der Waals surface area contributed by atoms with Crippen LogP contribution in [0, 0.1) is 11.8 Å². The number of hydrogen-bond donors (Lipinski definition) is 1. The summed E-state index contributed by atoms with van der Waals surface area (Å²) in [5.74, 6) is 1.18. The molecular formula is C18H26O3. The number of ether oxygens (including phenoxy) is 2. The van der Waals surface area contributed by atoms with Gasteiger partial charge in [0.25, 0.3) is 0 Å². The van der Waals surface area contributed by atoms with Crippen LogP contribution >= 0.6 is 0 Å². The first kappa shape index (κ1) is 15.0. The smallest absolute Gasteiger partial charge is 0.0717 e. The maximum absolute atomic E-state index is 8.95. The molecule has 3 rings (SSSR count). The Morgan fingerprint density at radius 1 is 1.05 bits per heavy atom. The highest BCUT2D eigenvalue weighted by Gasteiger charge is 2.48. The third kappa shape index (κ3) is 3.65. The summed E-state index contributed by atoms with van der Waals surface area (Å²) in [6.45, 7) is 1.80. The lowest BCUT2D eigenvalue weighted by atomic mass is 9.77. The fourth-order valence-corrected chi connectivity index (χ4v) is 3.88. The van der Waals surface area contributed by atoms with E-state index in [1.165, 1.54) is 24.8 Å². The molecule has 2 aliphatic heterocycles. The second-order valence-corrected chi connectivity index (χ2v) is 6.34. The monoisotopic (exact) mass is 290 g/mol. The minimum absolute atomic E-state index is 0.302. The minimum Gasteiger partial charge on any atom is -0.396 e. The first-order chi connectivity index (χ1) is 10.4. The van der Waals surface area contributed by atoms with E-state index in [9.17, 15) is 0 Å². The summed E-state index contributed by atoms with van der Waals surface area (Å²) in [4.78, 5) is 0. The van der Waals surface area contributed by atoms with Crippen molar-refractivity contribution in [1.82, 2.24) is 0 Å². The van der Waals surface area contributed by atoms with Crippen molar-refractivity contribution >= 4 is 0 Å². The highest BCUT2D eigenvalue weighted by molar-refractivity contribution is 5.13. The molecule has 2 saturated heterocycles. The fraction of sp³-hybridized carbons (Fsp3) is 0.667. The normalized spacial score (nSPS) is 30.9. The van der Waals surface area contributed by atoms with Gasteiger partial charge in [0.05, 0.1) is 25.4 Å². The van der Waals surface area contributed by atoms with Crippen molar-refractivity contribution in [2.24, 2.45) is 11.8 Å². The van der Waals surface area contributed by atoms with Crippen LogP contribution in [-0.2, 0) is 16.1 Å². The lowest BCUT2D eigenvalue weighted by molar-refractivity contribution is 0.0412. The van der Waals surface area contributed by atoms with Crippen LogP contribution in [0.3, 0.4) is 0 Å². The predicted molar refractivity (Wildman–Crippen MR) is 81.9 cm³/mol. The van der Waals surface area contributed by atoms with E-state index < -0.39 is 0 Å². The molecule has 1 N–H and O–H groups in total. The number of fused-ring (bicyclic) bond motifs is 2. The van der Waals surface area contributed by atoms with Gasteiger partial charge in [-0.3, -0.25) is 0 Å². The Hall–Kier alpha value is -0.900. The van der Waals surface area contributed by atoms with E-state index in [0.29, 0.717) is 37.3 Å². The van der Waals surface area contributed by atoms with Crippen molar-refractivity contribution in [1.29, 1.82) is 0 Å². The number of aliphatic hydroxyl groups is 1. The maximum atomic E-state index is 8.95. The van der Waals surface area contributed by atoms with Crippen LogP contribution in [0.25, 0.3) is 0 Å². The van der Waals surface area contributed by atoms with Gasteiger partial charge in [0, 0.05) is 12.5 Å². The Bertz CT molecular complexity index is 420. The summed E-state index contributed by atoms with van der Waals surface area (Å²) in [6, 6.07) is 10.4. The molecule has 2 fully saturated rings. The molecule has 116 valence electrons. The highest BCUT2D eigenvalue weighted by atomic mass is 16.5. The Morgan fingerprint density at radius 3 is 2.57 bits per heavy atom. The number of aliphatic hydroxyl groups excluding tert-OH is 1. The number of benzene rings is 1. The molecule has 4 atom stereocenters. The van der Waals surface area contributed by atoms with Gasteiger partial charge >= 0.3 is 0 Å². The Morgan fingerprint density at radius 2 is 1.81 bits per heavy atom. The minimum atomic E-state index is 0.302. The number of rotatable bonds is 8. The fourth-order valence-electron chi connectivity index (χ4n) is 3.88. The van der Waals surface area contributed by atoms with Gasteiger partial charge in [0.1, 0.15) is 0 Å². The van der Waals surface area contributed by atoms with Gasteiger partial charge < -0.3 is 14.6 Å².